The highest BCUT2D eigenvalue weighted by Gasteiger charge is 2.29. The molecular formula is C14H14BrN5O2. The molecule has 0 saturated carbocycles. The van der Waals surface area contributed by atoms with Gasteiger partial charge < -0.3 is 9.84 Å². The van der Waals surface area contributed by atoms with Crippen LogP contribution in [0.5, 0.6) is 11.6 Å². The summed E-state index contributed by atoms with van der Waals surface area (Å²) in [5.74, 6) is 0.877. The van der Waals surface area contributed by atoms with E-state index in [9.17, 15) is 5.11 Å². The van der Waals surface area contributed by atoms with Crippen molar-refractivity contribution >= 4 is 26.8 Å². The number of halogens is 1. The van der Waals surface area contributed by atoms with Gasteiger partial charge in [0.1, 0.15) is 23.8 Å². The zero-order valence-corrected chi connectivity index (χ0v) is 13.9. The molecule has 0 amide bonds. The number of benzene rings is 1. The number of hydrogen-bond acceptors (Lipinski definition) is 6. The molecule has 0 unspecified atom stereocenters. The van der Waals surface area contributed by atoms with E-state index in [1.165, 1.54) is 6.33 Å². The minimum atomic E-state index is -0.774. The standard InChI is InChI=1S/C14H14BrN5O2/c1-14(2,13-18-7-20(3)19-13)22-9-5-4-8(15)11-10(9)12(21)17-6-16-11/h4-7H,1-3H3,(H,16,17,21). The molecule has 0 aliphatic heterocycles. The summed E-state index contributed by atoms with van der Waals surface area (Å²) < 4.78 is 8.41. The van der Waals surface area contributed by atoms with Crippen molar-refractivity contribution in [1.29, 1.82) is 0 Å². The third-order valence-corrected chi connectivity index (χ3v) is 3.82. The van der Waals surface area contributed by atoms with Gasteiger partial charge in [0.05, 0.1) is 5.52 Å². The van der Waals surface area contributed by atoms with Crippen LogP contribution in [0.2, 0.25) is 0 Å². The van der Waals surface area contributed by atoms with Gasteiger partial charge in [0.15, 0.2) is 11.4 Å². The second-order valence-electron chi connectivity index (χ2n) is 5.32. The first-order valence-electron chi connectivity index (χ1n) is 6.56. The maximum absolute atomic E-state index is 10.1. The fraction of sp³-hybridized carbons (Fsp3) is 0.286. The maximum Gasteiger partial charge on any atom is 0.225 e. The Balaban J connectivity index is 2.10. The van der Waals surface area contributed by atoms with Crippen LogP contribution < -0.4 is 4.74 Å². The third-order valence-electron chi connectivity index (χ3n) is 3.18. The summed E-state index contributed by atoms with van der Waals surface area (Å²) in [5, 5.41) is 14.8. The molecule has 2 aromatic heterocycles. The second-order valence-corrected chi connectivity index (χ2v) is 6.17. The van der Waals surface area contributed by atoms with Crippen LogP contribution in [0.25, 0.3) is 10.9 Å². The molecule has 114 valence electrons. The molecule has 1 aromatic carbocycles. The minimum Gasteiger partial charge on any atom is -0.493 e. The number of aromatic nitrogens is 5. The zero-order chi connectivity index (χ0) is 15.9. The largest absolute Gasteiger partial charge is 0.493 e. The lowest BCUT2D eigenvalue weighted by Gasteiger charge is -2.24. The lowest BCUT2D eigenvalue weighted by Crippen LogP contribution is -2.27. The molecule has 8 heteroatoms. The van der Waals surface area contributed by atoms with Crippen molar-refractivity contribution in [2.24, 2.45) is 7.05 Å². The molecule has 0 radical (unpaired) electrons. The Hall–Kier alpha value is -2.22. The average Bonchev–Trinajstić information content (AvgIpc) is 2.90. The Morgan fingerprint density at radius 3 is 2.68 bits per heavy atom. The Morgan fingerprint density at radius 2 is 2.00 bits per heavy atom. The molecule has 22 heavy (non-hydrogen) atoms. The molecule has 0 spiro atoms. The van der Waals surface area contributed by atoms with Gasteiger partial charge in [-0.15, -0.1) is 0 Å². The summed E-state index contributed by atoms with van der Waals surface area (Å²) >= 11 is 3.41. The average molecular weight is 364 g/mol. The summed E-state index contributed by atoms with van der Waals surface area (Å²) in [6, 6.07) is 3.56. The number of aromatic hydroxyl groups is 1. The number of nitrogens with zero attached hydrogens (tertiary/aromatic N) is 5. The second kappa shape index (κ2) is 5.20. The van der Waals surface area contributed by atoms with E-state index in [4.69, 9.17) is 4.74 Å². The first kappa shape index (κ1) is 14.7. The highest BCUT2D eigenvalue weighted by Crippen LogP contribution is 2.37. The van der Waals surface area contributed by atoms with Crippen LogP contribution in [-0.2, 0) is 12.6 Å². The SMILES string of the molecule is Cn1cnc(C(C)(C)Oc2ccc(Br)c3ncnc(O)c23)n1. The Morgan fingerprint density at radius 1 is 1.23 bits per heavy atom. The molecule has 0 fully saturated rings. The number of rotatable bonds is 3. The molecule has 0 saturated heterocycles. The van der Waals surface area contributed by atoms with Crippen molar-refractivity contribution in [2.45, 2.75) is 19.4 Å². The quantitative estimate of drug-likeness (QED) is 0.769. The molecule has 0 aliphatic carbocycles. The van der Waals surface area contributed by atoms with E-state index in [2.05, 4.69) is 36.0 Å². The predicted molar refractivity (Wildman–Crippen MR) is 83.6 cm³/mol. The fourth-order valence-electron chi connectivity index (χ4n) is 2.12. The molecule has 2 heterocycles. The molecule has 0 bridgehead atoms. The van der Waals surface area contributed by atoms with Gasteiger partial charge in [-0.1, -0.05) is 0 Å². The van der Waals surface area contributed by atoms with E-state index in [0.29, 0.717) is 22.5 Å². The normalized spacial score (nSPS) is 11.8. The lowest BCUT2D eigenvalue weighted by atomic mass is 10.1. The number of aryl methyl sites for hydroxylation is 1. The van der Waals surface area contributed by atoms with Gasteiger partial charge in [0.25, 0.3) is 0 Å². The van der Waals surface area contributed by atoms with Crippen LogP contribution in [-0.4, -0.2) is 29.8 Å². The van der Waals surface area contributed by atoms with E-state index >= 15 is 0 Å². The minimum absolute atomic E-state index is 0.133. The topological polar surface area (TPSA) is 86.0 Å². The third kappa shape index (κ3) is 2.50. The summed E-state index contributed by atoms with van der Waals surface area (Å²) in [6.45, 7) is 3.72. The van der Waals surface area contributed by atoms with E-state index in [1.807, 2.05) is 19.9 Å². The number of ether oxygens (including phenoxy) is 1. The van der Waals surface area contributed by atoms with Crippen LogP contribution in [0.15, 0.2) is 29.3 Å². The van der Waals surface area contributed by atoms with Crippen molar-refractivity contribution < 1.29 is 9.84 Å². The van der Waals surface area contributed by atoms with Crippen molar-refractivity contribution in [3.8, 4) is 11.6 Å². The summed E-state index contributed by atoms with van der Waals surface area (Å²) in [6.07, 6.45) is 2.92. The first-order chi connectivity index (χ1) is 10.4. The zero-order valence-electron chi connectivity index (χ0n) is 12.3. The maximum atomic E-state index is 10.1. The molecule has 3 rings (SSSR count). The van der Waals surface area contributed by atoms with Crippen LogP contribution >= 0.6 is 15.9 Å². The summed E-state index contributed by atoms with van der Waals surface area (Å²) in [4.78, 5) is 12.2. The highest BCUT2D eigenvalue weighted by atomic mass is 79.9. The first-order valence-corrected chi connectivity index (χ1v) is 7.35. The Kier molecular flexibility index (Phi) is 3.48. The Labute approximate surface area is 135 Å². The van der Waals surface area contributed by atoms with Crippen LogP contribution in [0.1, 0.15) is 19.7 Å². The smallest absolute Gasteiger partial charge is 0.225 e. The molecule has 0 atom stereocenters. The van der Waals surface area contributed by atoms with E-state index in [1.54, 1.807) is 24.1 Å². The van der Waals surface area contributed by atoms with Gasteiger partial charge in [-0.25, -0.2) is 15.0 Å². The highest BCUT2D eigenvalue weighted by molar-refractivity contribution is 9.10. The van der Waals surface area contributed by atoms with Crippen LogP contribution in [0.3, 0.4) is 0 Å². The van der Waals surface area contributed by atoms with Crippen molar-refractivity contribution in [1.82, 2.24) is 24.7 Å². The van der Waals surface area contributed by atoms with Crippen LogP contribution in [0, 0.1) is 0 Å². The Bertz CT molecular complexity index is 846. The monoisotopic (exact) mass is 363 g/mol. The van der Waals surface area contributed by atoms with E-state index < -0.39 is 5.60 Å². The van der Waals surface area contributed by atoms with Crippen LogP contribution in [0.4, 0.5) is 0 Å². The number of hydrogen-bond donors (Lipinski definition) is 1. The van der Waals surface area contributed by atoms with Gasteiger partial charge in [-0.05, 0) is 41.9 Å². The van der Waals surface area contributed by atoms with Crippen molar-refractivity contribution in [3.63, 3.8) is 0 Å². The molecule has 1 N–H and O–H groups in total. The van der Waals surface area contributed by atoms with Gasteiger partial charge >= 0.3 is 0 Å². The molecule has 7 nitrogen and oxygen atoms in total. The van der Waals surface area contributed by atoms with Gasteiger partial charge in [-0.3, -0.25) is 4.68 Å². The number of fused-ring (bicyclic) bond motifs is 1. The van der Waals surface area contributed by atoms with E-state index in [-0.39, 0.29) is 5.88 Å². The molecular weight excluding hydrogens is 350 g/mol. The summed E-state index contributed by atoms with van der Waals surface area (Å²) in [7, 11) is 1.79. The van der Waals surface area contributed by atoms with Crippen molar-refractivity contribution in [2.75, 3.05) is 0 Å². The summed E-state index contributed by atoms with van der Waals surface area (Å²) in [5.41, 5.74) is -0.195. The lowest BCUT2D eigenvalue weighted by molar-refractivity contribution is 0.100. The van der Waals surface area contributed by atoms with Gasteiger partial charge in [0.2, 0.25) is 5.88 Å². The fourth-order valence-corrected chi connectivity index (χ4v) is 2.55. The van der Waals surface area contributed by atoms with Crippen molar-refractivity contribution in [3.05, 3.63) is 35.1 Å². The van der Waals surface area contributed by atoms with Gasteiger partial charge in [-0.2, -0.15) is 5.10 Å². The molecule has 0 aliphatic rings. The van der Waals surface area contributed by atoms with E-state index in [0.717, 1.165) is 4.47 Å². The van der Waals surface area contributed by atoms with Gasteiger partial charge in [0, 0.05) is 11.5 Å². The molecule has 3 aromatic rings. The predicted octanol–water partition coefficient (Wildman–Crippen LogP) is 2.54.